The number of Topliss-reactive ketones (excluding diaryl/α,β-unsaturated/α-hetero) is 1. The Labute approximate surface area is 160 Å². The van der Waals surface area contributed by atoms with E-state index in [1.165, 1.54) is 16.2 Å². The van der Waals surface area contributed by atoms with Crippen LogP contribution < -0.4 is 0 Å². The van der Waals surface area contributed by atoms with Crippen LogP contribution in [0.3, 0.4) is 0 Å². The molecule has 7 heteroatoms. The maximum atomic E-state index is 13.2. The van der Waals surface area contributed by atoms with E-state index in [1.54, 1.807) is 31.2 Å². The van der Waals surface area contributed by atoms with Crippen molar-refractivity contribution in [2.45, 2.75) is 33.2 Å². The van der Waals surface area contributed by atoms with Crippen LogP contribution in [0.15, 0.2) is 35.6 Å². The number of aryl methyl sites for hydroxylation is 2. The number of hydrogen-bond donors (Lipinski definition) is 1. The number of ketones is 1. The van der Waals surface area contributed by atoms with E-state index in [9.17, 15) is 14.7 Å². The van der Waals surface area contributed by atoms with Gasteiger partial charge in [-0.15, -0.1) is 11.3 Å². The summed E-state index contributed by atoms with van der Waals surface area (Å²) < 4.78 is 0. The van der Waals surface area contributed by atoms with Crippen LogP contribution >= 0.6 is 22.9 Å². The van der Waals surface area contributed by atoms with Crippen LogP contribution in [0.1, 0.15) is 45.3 Å². The second-order valence-electron chi connectivity index (χ2n) is 6.19. The van der Waals surface area contributed by atoms with Gasteiger partial charge in [0.1, 0.15) is 0 Å². The molecule has 5 nitrogen and oxygen atoms in total. The van der Waals surface area contributed by atoms with Crippen molar-refractivity contribution in [1.82, 2.24) is 9.88 Å². The Morgan fingerprint density at radius 3 is 2.50 bits per heavy atom. The summed E-state index contributed by atoms with van der Waals surface area (Å²) in [4.78, 5) is 32.1. The lowest BCUT2D eigenvalue weighted by Gasteiger charge is -2.26. The summed E-state index contributed by atoms with van der Waals surface area (Å²) in [5.74, 6) is -1.35. The van der Waals surface area contributed by atoms with Crippen molar-refractivity contribution < 1.29 is 14.7 Å². The van der Waals surface area contributed by atoms with Crippen LogP contribution in [-0.2, 0) is 4.79 Å². The monoisotopic (exact) mass is 390 g/mol. The summed E-state index contributed by atoms with van der Waals surface area (Å²) >= 11 is 7.25. The minimum Gasteiger partial charge on any atom is -0.503 e. The van der Waals surface area contributed by atoms with E-state index in [4.69, 9.17) is 11.6 Å². The van der Waals surface area contributed by atoms with Gasteiger partial charge in [-0.25, -0.2) is 4.98 Å². The Balaban J connectivity index is 2.12. The van der Waals surface area contributed by atoms with Crippen molar-refractivity contribution in [2.75, 3.05) is 6.54 Å². The molecule has 2 heterocycles. The Morgan fingerprint density at radius 1 is 1.31 bits per heavy atom. The average molecular weight is 391 g/mol. The zero-order chi connectivity index (χ0) is 19.0. The molecule has 26 heavy (non-hydrogen) atoms. The number of benzene rings is 1. The molecule has 1 amide bonds. The lowest BCUT2D eigenvalue weighted by atomic mass is 9.95. The highest BCUT2D eigenvalue weighted by molar-refractivity contribution is 7.14. The molecule has 0 bridgehead atoms. The van der Waals surface area contributed by atoms with Gasteiger partial charge in [-0.05, 0) is 38.0 Å². The van der Waals surface area contributed by atoms with Crippen LogP contribution in [0.25, 0.3) is 0 Å². The first-order valence-corrected chi connectivity index (χ1v) is 9.52. The summed E-state index contributed by atoms with van der Waals surface area (Å²) in [5.41, 5.74) is 1.45. The van der Waals surface area contributed by atoms with Gasteiger partial charge in [0.15, 0.2) is 5.76 Å². The third kappa shape index (κ3) is 3.15. The van der Waals surface area contributed by atoms with Crippen molar-refractivity contribution in [3.05, 3.63) is 61.8 Å². The first-order valence-electron chi connectivity index (χ1n) is 8.33. The van der Waals surface area contributed by atoms with Gasteiger partial charge in [-0.1, -0.05) is 30.7 Å². The number of amides is 1. The van der Waals surface area contributed by atoms with E-state index < -0.39 is 17.7 Å². The largest absolute Gasteiger partial charge is 0.503 e. The molecule has 0 aliphatic carbocycles. The lowest BCUT2D eigenvalue weighted by molar-refractivity contribution is -0.129. The summed E-state index contributed by atoms with van der Waals surface area (Å²) in [6.45, 7) is 5.96. The Morgan fingerprint density at radius 2 is 1.96 bits per heavy atom. The number of thiazole rings is 1. The number of carbonyl (C=O) groups excluding carboxylic acids is 2. The summed E-state index contributed by atoms with van der Waals surface area (Å²) in [6, 6.07) is 6.35. The van der Waals surface area contributed by atoms with E-state index >= 15 is 0 Å². The number of nitrogens with zero attached hydrogens (tertiary/aromatic N) is 2. The van der Waals surface area contributed by atoms with Crippen molar-refractivity contribution >= 4 is 34.6 Å². The molecule has 1 unspecified atom stereocenters. The maximum Gasteiger partial charge on any atom is 0.290 e. The highest BCUT2D eigenvalue weighted by Crippen LogP contribution is 2.40. The van der Waals surface area contributed by atoms with E-state index in [0.717, 1.165) is 10.6 Å². The molecule has 0 spiro atoms. The van der Waals surface area contributed by atoms with Gasteiger partial charge in [0.2, 0.25) is 5.78 Å². The van der Waals surface area contributed by atoms with Crippen molar-refractivity contribution in [3.8, 4) is 0 Å². The average Bonchev–Trinajstić information content (AvgIpc) is 3.06. The zero-order valence-electron chi connectivity index (χ0n) is 14.7. The molecule has 3 rings (SSSR count). The molecular weight excluding hydrogens is 372 g/mol. The second kappa shape index (κ2) is 7.21. The SMILES string of the molecule is CCCN1C(=O)C(O)=C(C(=O)c2sc(C)nc2C)C1c1ccc(Cl)cc1. The Kier molecular flexibility index (Phi) is 5.16. The fourth-order valence-electron chi connectivity index (χ4n) is 3.21. The second-order valence-corrected chi connectivity index (χ2v) is 7.83. The van der Waals surface area contributed by atoms with E-state index in [2.05, 4.69) is 4.98 Å². The van der Waals surface area contributed by atoms with Crippen LogP contribution in [0.5, 0.6) is 0 Å². The molecule has 0 radical (unpaired) electrons. The Hall–Kier alpha value is -2.18. The highest BCUT2D eigenvalue weighted by Gasteiger charge is 2.44. The fourth-order valence-corrected chi connectivity index (χ4v) is 4.21. The molecule has 1 aromatic carbocycles. The quantitative estimate of drug-likeness (QED) is 0.768. The van der Waals surface area contributed by atoms with Gasteiger partial charge < -0.3 is 10.0 Å². The fraction of sp³-hybridized carbons (Fsp3) is 0.316. The number of rotatable bonds is 5. The van der Waals surface area contributed by atoms with Gasteiger partial charge in [0.25, 0.3) is 5.91 Å². The van der Waals surface area contributed by atoms with Crippen LogP contribution in [0, 0.1) is 13.8 Å². The third-order valence-corrected chi connectivity index (χ3v) is 5.63. The standard InChI is InChI=1S/C19H19ClN2O3S/c1-4-9-22-15(12-5-7-13(20)8-6-12)14(17(24)19(22)25)16(23)18-10(2)21-11(3)26-18/h5-8,15,24H,4,9H2,1-3H3. The Bertz CT molecular complexity index is 902. The van der Waals surface area contributed by atoms with Crippen molar-refractivity contribution in [2.24, 2.45) is 0 Å². The smallest absolute Gasteiger partial charge is 0.290 e. The summed E-state index contributed by atoms with van der Waals surface area (Å²) in [5, 5.41) is 11.8. The molecule has 136 valence electrons. The molecule has 1 atom stereocenters. The molecule has 2 aromatic rings. The van der Waals surface area contributed by atoms with Crippen LogP contribution in [-0.4, -0.2) is 33.2 Å². The predicted octanol–water partition coefficient (Wildman–Crippen LogP) is 4.40. The number of carbonyl (C=O) groups is 2. The lowest BCUT2D eigenvalue weighted by Crippen LogP contribution is -2.31. The summed E-state index contributed by atoms with van der Waals surface area (Å²) in [6.07, 6.45) is 0.712. The minimum absolute atomic E-state index is 0.109. The van der Waals surface area contributed by atoms with Gasteiger partial charge in [0, 0.05) is 11.6 Å². The highest BCUT2D eigenvalue weighted by atomic mass is 35.5. The first-order chi connectivity index (χ1) is 12.3. The van der Waals surface area contributed by atoms with Crippen molar-refractivity contribution in [1.29, 1.82) is 0 Å². The number of halogens is 1. The number of aliphatic hydroxyl groups is 1. The van der Waals surface area contributed by atoms with Gasteiger partial charge in [-0.3, -0.25) is 9.59 Å². The number of aliphatic hydroxyl groups excluding tert-OH is 1. The van der Waals surface area contributed by atoms with Crippen LogP contribution in [0.4, 0.5) is 0 Å². The molecule has 1 aliphatic heterocycles. The molecular formula is C19H19ClN2O3S. The molecule has 0 saturated carbocycles. The number of aromatic nitrogens is 1. The van der Waals surface area contributed by atoms with Gasteiger partial charge >= 0.3 is 0 Å². The topological polar surface area (TPSA) is 70.5 Å². The predicted molar refractivity (Wildman–Crippen MR) is 102 cm³/mol. The molecule has 1 N–H and O–H groups in total. The summed E-state index contributed by atoms with van der Waals surface area (Å²) in [7, 11) is 0. The van der Waals surface area contributed by atoms with Gasteiger partial charge in [0.05, 0.1) is 27.2 Å². The number of hydrogen-bond acceptors (Lipinski definition) is 5. The maximum absolute atomic E-state index is 13.2. The van der Waals surface area contributed by atoms with E-state index in [1.807, 2.05) is 13.8 Å². The van der Waals surface area contributed by atoms with E-state index in [0.29, 0.717) is 28.6 Å². The zero-order valence-corrected chi connectivity index (χ0v) is 16.3. The normalized spacial score (nSPS) is 17.3. The molecule has 0 saturated heterocycles. The molecule has 0 fully saturated rings. The minimum atomic E-state index is -0.631. The third-order valence-electron chi connectivity index (χ3n) is 4.31. The first kappa shape index (κ1) is 18.6. The molecule has 1 aromatic heterocycles. The van der Waals surface area contributed by atoms with Crippen LogP contribution in [0.2, 0.25) is 5.02 Å². The van der Waals surface area contributed by atoms with Crippen molar-refractivity contribution in [3.63, 3.8) is 0 Å². The van der Waals surface area contributed by atoms with E-state index in [-0.39, 0.29) is 11.4 Å². The van der Waals surface area contributed by atoms with Gasteiger partial charge in [-0.2, -0.15) is 0 Å². The molecule has 1 aliphatic rings.